The van der Waals surface area contributed by atoms with Gasteiger partial charge < -0.3 is 10.6 Å². The molecule has 0 saturated carbocycles. The minimum atomic E-state index is -0.217. The summed E-state index contributed by atoms with van der Waals surface area (Å²) in [5.41, 5.74) is 2.06. The van der Waals surface area contributed by atoms with Crippen LogP contribution in [-0.2, 0) is 22.6 Å². The summed E-state index contributed by atoms with van der Waals surface area (Å²) in [4.78, 5) is 27.5. The Labute approximate surface area is 146 Å². The maximum absolute atomic E-state index is 11.7. The molecule has 0 aliphatic heterocycles. The predicted octanol–water partition coefficient (Wildman–Crippen LogP) is 2.49. The van der Waals surface area contributed by atoms with E-state index in [1.807, 2.05) is 24.3 Å². The Morgan fingerprint density at radius 2 is 1.79 bits per heavy atom. The van der Waals surface area contributed by atoms with Crippen molar-refractivity contribution in [3.8, 4) is 0 Å². The zero-order chi connectivity index (χ0) is 17.2. The monoisotopic (exact) mass is 345 g/mol. The van der Waals surface area contributed by atoms with Crippen LogP contribution >= 0.6 is 11.6 Å². The first-order valence-electron chi connectivity index (χ1n) is 7.80. The quantitative estimate of drug-likeness (QED) is 0.772. The molecule has 0 unspecified atom stereocenters. The van der Waals surface area contributed by atoms with Crippen molar-refractivity contribution in [2.75, 3.05) is 6.54 Å². The number of hydrogen-bond acceptors (Lipinski definition) is 3. The van der Waals surface area contributed by atoms with Gasteiger partial charge in [-0.25, -0.2) is 0 Å². The largest absolute Gasteiger partial charge is 0.350 e. The summed E-state index contributed by atoms with van der Waals surface area (Å²) in [6.07, 6.45) is 5.42. The second kappa shape index (κ2) is 9.67. The lowest BCUT2D eigenvalue weighted by Gasteiger charge is -2.07. The van der Waals surface area contributed by atoms with Gasteiger partial charge in [-0.1, -0.05) is 29.8 Å². The fourth-order valence-electron chi connectivity index (χ4n) is 2.13. The Bertz CT molecular complexity index is 660. The van der Waals surface area contributed by atoms with E-state index in [1.54, 1.807) is 24.5 Å². The van der Waals surface area contributed by atoms with Crippen molar-refractivity contribution in [3.05, 3.63) is 64.9 Å². The van der Waals surface area contributed by atoms with Crippen molar-refractivity contribution in [3.63, 3.8) is 0 Å². The van der Waals surface area contributed by atoms with Gasteiger partial charge in [0.25, 0.3) is 0 Å². The number of aromatic nitrogens is 1. The van der Waals surface area contributed by atoms with Crippen molar-refractivity contribution < 1.29 is 9.59 Å². The Balaban J connectivity index is 1.59. The highest BCUT2D eigenvalue weighted by Gasteiger charge is 2.05. The summed E-state index contributed by atoms with van der Waals surface area (Å²) in [6, 6.07) is 11.1. The highest BCUT2D eigenvalue weighted by molar-refractivity contribution is 6.30. The third-order valence-corrected chi connectivity index (χ3v) is 3.69. The molecule has 1 heterocycles. The van der Waals surface area contributed by atoms with Gasteiger partial charge in [-0.15, -0.1) is 0 Å². The van der Waals surface area contributed by atoms with E-state index in [1.165, 1.54) is 0 Å². The third-order valence-electron chi connectivity index (χ3n) is 3.44. The number of halogens is 1. The summed E-state index contributed by atoms with van der Waals surface area (Å²) in [5.74, 6) is -0.342. The van der Waals surface area contributed by atoms with E-state index >= 15 is 0 Å². The van der Waals surface area contributed by atoms with Crippen molar-refractivity contribution >= 4 is 23.4 Å². The summed E-state index contributed by atoms with van der Waals surface area (Å²) in [5, 5.41) is 6.03. The van der Waals surface area contributed by atoms with Gasteiger partial charge in [0.05, 0.1) is 6.54 Å². The van der Waals surface area contributed by atoms with Crippen molar-refractivity contribution in [1.82, 2.24) is 15.6 Å². The van der Waals surface area contributed by atoms with E-state index in [9.17, 15) is 9.59 Å². The van der Waals surface area contributed by atoms with Crippen LogP contribution in [0.4, 0.5) is 0 Å². The molecule has 6 heteroatoms. The Hall–Kier alpha value is -2.40. The maximum Gasteiger partial charge on any atom is 0.239 e. The van der Waals surface area contributed by atoms with Gasteiger partial charge in [-0.3, -0.25) is 14.6 Å². The maximum atomic E-state index is 11.7. The van der Waals surface area contributed by atoms with Crippen LogP contribution in [0.1, 0.15) is 24.0 Å². The van der Waals surface area contributed by atoms with Crippen LogP contribution in [0.15, 0.2) is 48.8 Å². The minimum absolute atomic E-state index is 0.0146. The molecular weight excluding hydrogens is 326 g/mol. The Kier molecular flexibility index (Phi) is 7.23. The molecule has 5 nitrogen and oxygen atoms in total. The number of amides is 2. The van der Waals surface area contributed by atoms with Gasteiger partial charge >= 0.3 is 0 Å². The molecule has 2 amide bonds. The lowest BCUT2D eigenvalue weighted by atomic mass is 10.1. The molecule has 2 aromatic rings. The number of rotatable bonds is 8. The molecule has 0 aliphatic rings. The topological polar surface area (TPSA) is 71.1 Å². The fraction of sp³-hybridized carbons (Fsp3) is 0.278. The van der Waals surface area contributed by atoms with Crippen LogP contribution in [-0.4, -0.2) is 23.3 Å². The summed E-state index contributed by atoms with van der Waals surface area (Å²) >= 11 is 5.80. The average Bonchev–Trinajstić information content (AvgIpc) is 2.60. The number of hydrogen-bond donors (Lipinski definition) is 2. The first-order chi connectivity index (χ1) is 11.6. The smallest absolute Gasteiger partial charge is 0.239 e. The van der Waals surface area contributed by atoms with Crippen molar-refractivity contribution in [2.45, 2.75) is 25.8 Å². The fourth-order valence-corrected chi connectivity index (χ4v) is 2.26. The van der Waals surface area contributed by atoms with Gasteiger partial charge in [0.1, 0.15) is 0 Å². The first-order valence-corrected chi connectivity index (χ1v) is 8.18. The van der Waals surface area contributed by atoms with Crippen molar-refractivity contribution in [1.29, 1.82) is 0 Å². The lowest BCUT2D eigenvalue weighted by molar-refractivity contribution is -0.126. The number of benzene rings is 1. The van der Waals surface area contributed by atoms with Gasteiger partial charge in [0.15, 0.2) is 0 Å². The molecular formula is C18H20ClN3O2. The molecule has 1 aromatic carbocycles. The number of carbonyl (C=O) groups is 2. The normalized spacial score (nSPS) is 10.2. The molecule has 24 heavy (non-hydrogen) atoms. The molecule has 0 saturated heterocycles. The van der Waals surface area contributed by atoms with E-state index < -0.39 is 0 Å². The lowest BCUT2D eigenvalue weighted by Crippen LogP contribution is -2.36. The van der Waals surface area contributed by atoms with Crippen LogP contribution in [0.5, 0.6) is 0 Å². The second-order valence-electron chi connectivity index (χ2n) is 5.39. The number of nitrogens with one attached hydrogen (secondary N) is 2. The van der Waals surface area contributed by atoms with E-state index in [-0.39, 0.29) is 18.4 Å². The average molecular weight is 346 g/mol. The molecule has 1 aromatic heterocycles. The molecule has 0 fully saturated rings. The SMILES string of the molecule is O=C(CCCc1cccnc1)NCC(=O)NCc1ccc(Cl)cc1. The number of nitrogens with zero attached hydrogens (tertiary/aromatic N) is 1. The number of aryl methyl sites for hydroxylation is 1. The van der Waals surface area contributed by atoms with Gasteiger partial charge in [-0.2, -0.15) is 0 Å². The van der Waals surface area contributed by atoms with E-state index in [2.05, 4.69) is 15.6 Å². The summed E-state index contributed by atoms with van der Waals surface area (Å²) < 4.78 is 0. The van der Waals surface area contributed by atoms with Crippen LogP contribution in [0, 0.1) is 0 Å². The third kappa shape index (κ3) is 6.79. The molecule has 0 aliphatic carbocycles. The Morgan fingerprint density at radius 3 is 2.50 bits per heavy atom. The molecule has 2 rings (SSSR count). The highest BCUT2D eigenvalue weighted by Crippen LogP contribution is 2.09. The summed E-state index contributed by atoms with van der Waals surface area (Å²) in [6.45, 7) is 0.395. The summed E-state index contributed by atoms with van der Waals surface area (Å²) in [7, 11) is 0. The Morgan fingerprint density at radius 1 is 1.00 bits per heavy atom. The predicted molar refractivity (Wildman–Crippen MR) is 93.5 cm³/mol. The molecule has 0 atom stereocenters. The molecule has 2 N–H and O–H groups in total. The number of pyridine rings is 1. The van der Waals surface area contributed by atoms with E-state index in [4.69, 9.17) is 11.6 Å². The zero-order valence-electron chi connectivity index (χ0n) is 13.3. The highest BCUT2D eigenvalue weighted by atomic mass is 35.5. The molecule has 0 bridgehead atoms. The van der Waals surface area contributed by atoms with E-state index in [0.717, 1.165) is 24.0 Å². The van der Waals surface area contributed by atoms with Crippen LogP contribution in [0.25, 0.3) is 0 Å². The van der Waals surface area contributed by atoms with E-state index in [0.29, 0.717) is 18.0 Å². The second-order valence-corrected chi connectivity index (χ2v) is 5.83. The molecule has 126 valence electrons. The standard InChI is InChI=1S/C18H20ClN3O2/c19-16-8-6-15(7-9-16)12-21-18(24)13-22-17(23)5-1-3-14-4-2-10-20-11-14/h2,4,6-11H,1,3,5,12-13H2,(H,21,24)(H,22,23). The van der Waals surface area contributed by atoms with Crippen LogP contribution < -0.4 is 10.6 Å². The minimum Gasteiger partial charge on any atom is -0.350 e. The molecule has 0 radical (unpaired) electrons. The first kappa shape index (κ1) is 17.9. The van der Waals surface area contributed by atoms with Gasteiger partial charge in [0.2, 0.25) is 11.8 Å². The van der Waals surface area contributed by atoms with Crippen molar-refractivity contribution in [2.24, 2.45) is 0 Å². The van der Waals surface area contributed by atoms with Gasteiger partial charge in [0, 0.05) is 30.4 Å². The zero-order valence-corrected chi connectivity index (χ0v) is 14.1. The molecule has 0 spiro atoms. The van der Waals surface area contributed by atoms with Crippen LogP contribution in [0.2, 0.25) is 5.02 Å². The van der Waals surface area contributed by atoms with Gasteiger partial charge in [-0.05, 0) is 42.2 Å². The number of carbonyl (C=O) groups excluding carboxylic acids is 2. The van der Waals surface area contributed by atoms with Crippen LogP contribution in [0.3, 0.4) is 0 Å².